The molecule has 2 aliphatic rings. The summed E-state index contributed by atoms with van der Waals surface area (Å²) in [6.45, 7) is 0. The maximum absolute atomic E-state index is 14.0. The average Bonchev–Trinajstić information content (AvgIpc) is 3.55. The van der Waals surface area contributed by atoms with Crippen LogP contribution in [0.4, 0.5) is 0 Å². The number of halogens is 1. The molecule has 2 aliphatic heterocycles. The van der Waals surface area contributed by atoms with Crippen molar-refractivity contribution in [3.63, 3.8) is 0 Å². The van der Waals surface area contributed by atoms with Gasteiger partial charge in [-0.25, -0.2) is 9.78 Å². The molecule has 3 heterocycles. The van der Waals surface area contributed by atoms with E-state index in [2.05, 4.69) is 19.8 Å². The van der Waals surface area contributed by atoms with Gasteiger partial charge in [0, 0.05) is 11.5 Å². The normalized spacial score (nSPS) is 18.4. The molecule has 1 fully saturated rings. The van der Waals surface area contributed by atoms with Crippen LogP contribution in [0.5, 0.6) is 0 Å². The van der Waals surface area contributed by atoms with Crippen molar-refractivity contribution in [1.29, 1.82) is 0 Å². The summed E-state index contributed by atoms with van der Waals surface area (Å²) in [4.78, 5) is 57.3. The third kappa shape index (κ3) is 6.21. The fourth-order valence-corrected chi connectivity index (χ4v) is 7.46. The summed E-state index contributed by atoms with van der Waals surface area (Å²) in [6, 6.07) is 17.5. The maximum atomic E-state index is 14.0. The highest BCUT2D eigenvalue weighted by Crippen LogP contribution is 2.43. The van der Waals surface area contributed by atoms with Crippen LogP contribution in [0.15, 0.2) is 87.8 Å². The zero-order chi connectivity index (χ0) is 29.6. The van der Waals surface area contributed by atoms with E-state index >= 15 is 0 Å². The quantitative estimate of drug-likeness (QED) is 0.0466. The van der Waals surface area contributed by atoms with Crippen molar-refractivity contribution in [3.05, 3.63) is 89.4 Å². The number of carbonyl (C=O) groups excluding carboxylic acids is 4. The zero-order valence-corrected chi connectivity index (χ0v) is 24.8. The maximum Gasteiger partial charge on any atom is 0.356 e. The molecular formula is C27H22ClN5O6S3. The van der Waals surface area contributed by atoms with E-state index in [-0.39, 0.29) is 5.70 Å². The zero-order valence-electron chi connectivity index (χ0n) is 21.6. The first-order chi connectivity index (χ1) is 20.4. The van der Waals surface area contributed by atoms with Crippen molar-refractivity contribution < 1.29 is 29.1 Å². The van der Waals surface area contributed by atoms with E-state index in [0.29, 0.717) is 21.4 Å². The van der Waals surface area contributed by atoms with Crippen LogP contribution in [-0.4, -0.2) is 77.5 Å². The van der Waals surface area contributed by atoms with Crippen LogP contribution in [0.1, 0.15) is 17.2 Å². The van der Waals surface area contributed by atoms with Gasteiger partial charge in [0.15, 0.2) is 10.4 Å². The number of aromatic nitrogens is 2. The Hall–Kier alpha value is -3.72. The van der Waals surface area contributed by atoms with Crippen LogP contribution in [0.3, 0.4) is 0 Å². The lowest BCUT2D eigenvalue weighted by atomic mass is 10.0. The number of oxime groups is 1. The third-order valence-electron chi connectivity index (χ3n) is 6.37. The molecule has 2 N–H and O–H groups in total. The molecule has 0 spiro atoms. The van der Waals surface area contributed by atoms with E-state index in [0.717, 1.165) is 11.1 Å². The number of rotatable bonds is 11. The first-order valence-corrected chi connectivity index (χ1v) is 15.8. The molecule has 0 saturated carbocycles. The van der Waals surface area contributed by atoms with Gasteiger partial charge in [0.05, 0.1) is 5.88 Å². The highest BCUT2D eigenvalue weighted by Gasteiger charge is 2.55. The van der Waals surface area contributed by atoms with E-state index in [9.17, 15) is 19.2 Å². The summed E-state index contributed by atoms with van der Waals surface area (Å²) in [5.41, 5.74) is 1.45. The molecular weight excluding hydrogens is 622 g/mol. The van der Waals surface area contributed by atoms with Gasteiger partial charge in [0.1, 0.15) is 23.4 Å². The van der Waals surface area contributed by atoms with Crippen molar-refractivity contribution in [1.82, 2.24) is 19.6 Å². The summed E-state index contributed by atoms with van der Waals surface area (Å²) >= 11 is 9.44. The molecule has 216 valence electrons. The number of carbonyl (C=O) groups is 4. The minimum atomic E-state index is -1.07. The standard InChI is InChI=1S/C27H22ClN5O6S3/c28-11-18(34)19(32-38)23(35)31-20-24(36)33-21(17(12-40-25(20)33)13-41-27-29-14-30-42-27)26(37)39-22(15-7-3-1-4-8-15)16-9-5-2-6-10-16/h1-10,14,20,22,25,38H,11-13H2,(H,31,35)/t20?,25-/m0/s1. The number of nitrogens with one attached hydrogen (secondary N) is 1. The highest BCUT2D eigenvalue weighted by atomic mass is 35.5. The number of ether oxygens (including phenoxy) is 1. The van der Waals surface area contributed by atoms with Crippen LogP contribution in [0, 0.1) is 0 Å². The Bertz CT molecular complexity index is 1500. The molecule has 0 aliphatic carbocycles. The number of thioether (sulfide) groups is 2. The molecule has 2 amide bonds. The van der Waals surface area contributed by atoms with Gasteiger partial charge in [0.25, 0.3) is 11.8 Å². The van der Waals surface area contributed by atoms with Crippen molar-refractivity contribution in [2.24, 2.45) is 5.16 Å². The Kier molecular flexibility index (Phi) is 9.57. The van der Waals surface area contributed by atoms with Crippen molar-refractivity contribution in [3.8, 4) is 0 Å². The number of alkyl halides is 1. The number of esters is 1. The SMILES string of the molecule is O=C(CCl)C(=NO)C(=O)NC1C(=O)N2C(C(=O)OC(c3ccccc3)c3ccccc3)=C(CSc3ncns3)CS[C@@H]12. The van der Waals surface area contributed by atoms with E-state index in [1.165, 1.54) is 46.3 Å². The molecule has 5 rings (SSSR count). The molecule has 0 bridgehead atoms. The first kappa shape index (κ1) is 29.8. The van der Waals surface area contributed by atoms with Crippen LogP contribution in [-0.2, 0) is 23.9 Å². The molecule has 1 saturated heterocycles. The lowest BCUT2D eigenvalue weighted by molar-refractivity contribution is -0.154. The van der Waals surface area contributed by atoms with E-state index in [4.69, 9.17) is 21.5 Å². The predicted octanol–water partition coefficient (Wildman–Crippen LogP) is 3.26. The number of ketones is 1. The number of fused-ring (bicyclic) bond motifs is 1. The van der Waals surface area contributed by atoms with Gasteiger partial charge in [-0.2, -0.15) is 4.37 Å². The fourth-order valence-electron chi connectivity index (χ4n) is 4.41. The fraction of sp³-hybridized carbons (Fsp3) is 0.222. The van der Waals surface area contributed by atoms with Crippen LogP contribution in [0.25, 0.3) is 0 Å². The third-order valence-corrected chi connectivity index (χ3v) is 9.83. The van der Waals surface area contributed by atoms with E-state index in [1.807, 2.05) is 60.7 Å². The first-order valence-electron chi connectivity index (χ1n) is 12.4. The van der Waals surface area contributed by atoms with E-state index in [1.54, 1.807) is 0 Å². The summed E-state index contributed by atoms with van der Waals surface area (Å²) in [5, 5.41) is 13.6. The molecule has 15 heteroatoms. The lowest BCUT2D eigenvalue weighted by Crippen LogP contribution is -2.71. The number of β-lactam (4-membered cyclic amide) rings is 1. The second-order valence-electron chi connectivity index (χ2n) is 8.92. The summed E-state index contributed by atoms with van der Waals surface area (Å²) in [6.07, 6.45) is 0.701. The Morgan fingerprint density at radius 2 is 1.81 bits per heavy atom. The van der Waals surface area contributed by atoms with Gasteiger partial charge >= 0.3 is 5.97 Å². The highest BCUT2D eigenvalue weighted by molar-refractivity contribution is 8.01. The molecule has 1 aromatic heterocycles. The largest absolute Gasteiger partial charge is 0.448 e. The number of amides is 2. The second-order valence-corrected chi connectivity index (χ2v) is 12.3. The molecule has 11 nitrogen and oxygen atoms in total. The molecule has 2 aromatic carbocycles. The topological polar surface area (TPSA) is 151 Å². The van der Waals surface area contributed by atoms with Gasteiger partial charge < -0.3 is 15.3 Å². The van der Waals surface area contributed by atoms with Gasteiger partial charge in [-0.05, 0) is 28.2 Å². The smallest absolute Gasteiger partial charge is 0.356 e. The van der Waals surface area contributed by atoms with Gasteiger partial charge in [-0.3, -0.25) is 19.3 Å². The lowest BCUT2D eigenvalue weighted by Gasteiger charge is -2.49. The predicted molar refractivity (Wildman–Crippen MR) is 158 cm³/mol. The monoisotopic (exact) mass is 643 g/mol. The summed E-state index contributed by atoms with van der Waals surface area (Å²) < 4.78 is 10.8. The molecule has 3 aromatic rings. The van der Waals surface area contributed by atoms with Crippen LogP contribution in [0.2, 0.25) is 0 Å². The minimum absolute atomic E-state index is 0.0935. The van der Waals surface area contributed by atoms with Crippen LogP contribution < -0.4 is 5.32 Å². The van der Waals surface area contributed by atoms with Crippen molar-refractivity contribution >= 4 is 75.9 Å². The van der Waals surface area contributed by atoms with Gasteiger partial charge in [0.2, 0.25) is 11.5 Å². The van der Waals surface area contributed by atoms with Crippen molar-refractivity contribution in [2.75, 3.05) is 17.4 Å². The van der Waals surface area contributed by atoms with Crippen molar-refractivity contribution in [2.45, 2.75) is 21.9 Å². The summed E-state index contributed by atoms with van der Waals surface area (Å²) in [7, 11) is 0. The Morgan fingerprint density at radius 1 is 1.14 bits per heavy atom. The minimum Gasteiger partial charge on any atom is -0.448 e. The average molecular weight is 644 g/mol. The second kappa shape index (κ2) is 13.5. The van der Waals surface area contributed by atoms with Crippen LogP contribution >= 0.6 is 46.7 Å². The number of nitrogens with zero attached hydrogens (tertiary/aromatic N) is 4. The number of hydrogen-bond acceptors (Lipinski definition) is 12. The number of Topliss-reactive ketones (excluding diaryl/α,β-unsaturated/α-hetero) is 1. The Balaban J connectivity index is 1.44. The molecule has 0 radical (unpaired) electrons. The number of hydrogen-bond donors (Lipinski definition) is 2. The number of benzene rings is 2. The summed E-state index contributed by atoms with van der Waals surface area (Å²) in [5.74, 6) is -3.07. The van der Waals surface area contributed by atoms with Gasteiger partial charge in [-0.1, -0.05) is 77.6 Å². The van der Waals surface area contributed by atoms with Gasteiger partial charge in [-0.15, -0.1) is 23.4 Å². The van der Waals surface area contributed by atoms with E-state index < -0.39 is 52.7 Å². The molecule has 2 atom stereocenters. The molecule has 1 unspecified atom stereocenters. The Morgan fingerprint density at radius 3 is 2.38 bits per heavy atom. The molecule has 42 heavy (non-hydrogen) atoms. The Labute approximate surface area is 257 Å².